The van der Waals surface area contributed by atoms with Crippen LogP contribution >= 0.6 is 0 Å². The predicted octanol–water partition coefficient (Wildman–Crippen LogP) is 15.3. The quantitative estimate of drug-likeness (QED) is 0.173. The van der Waals surface area contributed by atoms with Crippen molar-refractivity contribution in [2.75, 3.05) is 0 Å². The molecule has 10 aromatic carbocycles. The molecule has 0 aliphatic carbocycles. The molecule has 0 amide bonds. The second kappa shape index (κ2) is 13.8. The van der Waals surface area contributed by atoms with Gasteiger partial charge in [0.25, 0.3) is 0 Å². The monoisotopic (exact) mass is 829 g/mol. The first-order valence-electron chi connectivity index (χ1n) is 21.9. The number of aromatic nitrogens is 5. The van der Waals surface area contributed by atoms with Crippen LogP contribution in [0.25, 0.3) is 133 Å². The molecule has 302 valence electrons. The SMILES string of the molecule is c1ccc(-n2c3ccccc3c3cc(-c4nc(-c5ccc6ccccc6c5)nc(-c5cc6oc7ccccc7c6cc5-n5c6ccccc6c6cc7ccccc7cc65)n4)ccc32)cc1. The van der Waals surface area contributed by atoms with Crippen LogP contribution in [0.4, 0.5) is 0 Å². The van der Waals surface area contributed by atoms with Crippen LogP contribution in [0.3, 0.4) is 0 Å². The fourth-order valence-corrected chi connectivity index (χ4v) is 10.1. The molecule has 0 fully saturated rings. The molecular weight excluding hydrogens is 795 g/mol. The highest BCUT2D eigenvalue weighted by Crippen LogP contribution is 2.42. The van der Waals surface area contributed by atoms with Crippen molar-refractivity contribution in [3.63, 3.8) is 0 Å². The van der Waals surface area contributed by atoms with Gasteiger partial charge in [-0.2, -0.15) is 0 Å². The van der Waals surface area contributed by atoms with Crippen LogP contribution in [-0.2, 0) is 0 Å². The summed E-state index contributed by atoms with van der Waals surface area (Å²) in [5, 5.41) is 11.4. The maximum atomic E-state index is 6.64. The van der Waals surface area contributed by atoms with E-state index in [1.165, 1.54) is 21.5 Å². The Morgan fingerprint density at radius 3 is 1.63 bits per heavy atom. The van der Waals surface area contributed by atoms with Gasteiger partial charge >= 0.3 is 0 Å². The third-order valence-electron chi connectivity index (χ3n) is 13.1. The summed E-state index contributed by atoms with van der Waals surface area (Å²) in [5.74, 6) is 1.72. The lowest BCUT2D eigenvalue weighted by Gasteiger charge is -2.15. The van der Waals surface area contributed by atoms with Gasteiger partial charge in [0.15, 0.2) is 17.5 Å². The molecule has 65 heavy (non-hydrogen) atoms. The summed E-state index contributed by atoms with van der Waals surface area (Å²) < 4.78 is 11.4. The molecule has 0 spiro atoms. The smallest absolute Gasteiger partial charge is 0.166 e. The van der Waals surface area contributed by atoms with Crippen molar-refractivity contribution in [1.82, 2.24) is 24.1 Å². The number of hydrogen-bond donors (Lipinski definition) is 0. The molecular formula is C59H35N5O. The van der Waals surface area contributed by atoms with Crippen molar-refractivity contribution in [3.05, 3.63) is 212 Å². The highest BCUT2D eigenvalue weighted by Gasteiger charge is 2.23. The van der Waals surface area contributed by atoms with Gasteiger partial charge in [0.05, 0.1) is 27.8 Å². The molecule has 0 saturated heterocycles. The summed E-state index contributed by atoms with van der Waals surface area (Å²) >= 11 is 0. The van der Waals surface area contributed by atoms with Crippen LogP contribution in [0, 0.1) is 0 Å². The molecule has 0 unspecified atom stereocenters. The molecule has 4 aromatic heterocycles. The number of nitrogens with zero attached hydrogens (tertiary/aromatic N) is 5. The van der Waals surface area contributed by atoms with Gasteiger partial charge in [-0.15, -0.1) is 0 Å². The Bertz CT molecular complexity index is 4250. The molecule has 0 radical (unpaired) electrons. The van der Waals surface area contributed by atoms with Crippen LogP contribution in [-0.4, -0.2) is 24.1 Å². The molecule has 0 aliphatic heterocycles. The average molecular weight is 830 g/mol. The van der Waals surface area contributed by atoms with Gasteiger partial charge in [-0.05, 0) is 100 Å². The standard InChI is InChI=1S/C59H35N5O/c1-2-18-42(19-3-1)63-50-23-11-8-20-43(50)46-32-41(28-29-52(46)63)58-60-57(40-27-26-36-14-4-5-15-37(36)30-40)61-59(62-58)49-35-56-48(45-22-10-13-25-55(45)65-56)34-54(49)64-51-24-12-9-21-44(51)47-31-38-16-6-7-17-39(38)33-53(47)64/h1-35H. The van der Waals surface area contributed by atoms with Gasteiger partial charge in [0.1, 0.15) is 11.2 Å². The minimum absolute atomic E-state index is 0.550. The lowest BCUT2D eigenvalue weighted by molar-refractivity contribution is 0.669. The number of rotatable bonds is 5. The van der Waals surface area contributed by atoms with E-state index in [1.807, 2.05) is 12.1 Å². The lowest BCUT2D eigenvalue weighted by atomic mass is 10.0. The fourth-order valence-electron chi connectivity index (χ4n) is 10.1. The summed E-state index contributed by atoms with van der Waals surface area (Å²) in [7, 11) is 0. The number of furan rings is 1. The third kappa shape index (κ3) is 5.51. The summed E-state index contributed by atoms with van der Waals surface area (Å²) in [6.45, 7) is 0. The van der Waals surface area contributed by atoms with E-state index in [2.05, 4.69) is 209 Å². The molecule has 0 atom stereocenters. The zero-order valence-electron chi connectivity index (χ0n) is 34.9. The van der Waals surface area contributed by atoms with Crippen LogP contribution in [0.5, 0.6) is 0 Å². The summed E-state index contributed by atoms with van der Waals surface area (Å²) in [4.78, 5) is 16.2. The normalized spacial score (nSPS) is 12.0. The van der Waals surface area contributed by atoms with Crippen molar-refractivity contribution in [2.24, 2.45) is 0 Å². The number of para-hydroxylation sites is 4. The predicted molar refractivity (Wildman–Crippen MR) is 267 cm³/mol. The minimum atomic E-state index is 0.550. The van der Waals surface area contributed by atoms with Crippen LogP contribution < -0.4 is 0 Å². The van der Waals surface area contributed by atoms with Gasteiger partial charge in [-0.3, -0.25) is 0 Å². The summed E-state index contributed by atoms with van der Waals surface area (Å²) in [5.41, 5.74) is 10.7. The largest absolute Gasteiger partial charge is 0.456 e. The molecule has 6 nitrogen and oxygen atoms in total. The maximum absolute atomic E-state index is 6.64. The molecule has 0 bridgehead atoms. The minimum Gasteiger partial charge on any atom is -0.456 e. The highest BCUT2D eigenvalue weighted by atomic mass is 16.3. The van der Waals surface area contributed by atoms with Gasteiger partial charge in [0, 0.05) is 54.7 Å². The van der Waals surface area contributed by atoms with E-state index in [9.17, 15) is 0 Å². The second-order valence-electron chi connectivity index (χ2n) is 16.8. The zero-order chi connectivity index (χ0) is 42.6. The second-order valence-corrected chi connectivity index (χ2v) is 16.8. The van der Waals surface area contributed by atoms with Gasteiger partial charge < -0.3 is 13.6 Å². The Morgan fingerprint density at radius 1 is 0.308 bits per heavy atom. The van der Waals surface area contributed by atoms with Crippen molar-refractivity contribution in [3.8, 4) is 45.5 Å². The van der Waals surface area contributed by atoms with Crippen molar-refractivity contribution in [1.29, 1.82) is 0 Å². The number of benzene rings is 10. The Balaban J connectivity index is 1.08. The zero-order valence-corrected chi connectivity index (χ0v) is 34.9. The van der Waals surface area contributed by atoms with Crippen molar-refractivity contribution in [2.45, 2.75) is 0 Å². The summed E-state index contributed by atoms with van der Waals surface area (Å²) in [6, 6.07) is 75.1. The number of fused-ring (bicyclic) bond motifs is 11. The molecule has 6 heteroatoms. The molecule has 14 rings (SSSR count). The van der Waals surface area contributed by atoms with Gasteiger partial charge in [0.2, 0.25) is 0 Å². The molecule has 0 saturated carbocycles. The maximum Gasteiger partial charge on any atom is 0.166 e. The van der Waals surface area contributed by atoms with E-state index < -0.39 is 0 Å². The highest BCUT2D eigenvalue weighted by molar-refractivity contribution is 6.15. The first-order valence-corrected chi connectivity index (χ1v) is 21.9. The van der Waals surface area contributed by atoms with Crippen LogP contribution in [0.1, 0.15) is 0 Å². The third-order valence-corrected chi connectivity index (χ3v) is 13.1. The number of hydrogen-bond acceptors (Lipinski definition) is 4. The summed E-state index contributed by atoms with van der Waals surface area (Å²) in [6.07, 6.45) is 0. The molecule has 0 N–H and O–H groups in total. The van der Waals surface area contributed by atoms with E-state index in [1.54, 1.807) is 0 Å². The van der Waals surface area contributed by atoms with Crippen molar-refractivity contribution >= 4 is 87.1 Å². The van der Waals surface area contributed by atoms with E-state index in [0.29, 0.717) is 17.5 Å². The first-order chi connectivity index (χ1) is 32.2. The van der Waals surface area contributed by atoms with E-state index in [4.69, 9.17) is 19.4 Å². The Hall–Kier alpha value is -8.87. The average Bonchev–Trinajstić information content (AvgIpc) is 4.02. The first kappa shape index (κ1) is 35.7. The van der Waals surface area contributed by atoms with Crippen molar-refractivity contribution < 1.29 is 4.42 Å². The Kier molecular flexibility index (Phi) is 7.59. The van der Waals surface area contributed by atoms with Crippen LogP contribution in [0.15, 0.2) is 217 Å². The van der Waals surface area contributed by atoms with E-state index in [0.717, 1.165) is 93.6 Å². The lowest BCUT2D eigenvalue weighted by Crippen LogP contribution is -2.04. The topological polar surface area (TPSA) is 61.7 Å². The Morgan fingerprint density at radius 2 is 0.862 bits per heavy atom. The van der Waals surface area contributed by atoms with Gasteiger partial charge in [-0.1, -0.05) is 133 Å². The molecule has 4 heterocycles. The van der Waals surface area contributed by atoms with E-state index >= 15 is 0 Å². The fraction of sp³-hybridized carbons (Fsp3) is 0. The Labute approximate surface area is 371 Å². The van der Waals surface area contributed by atoms with Crippen LogP contribution in [0.2, 0.25) is 0 Å². The molecule has 0 aliphatic rings. The molecule has 14 aromatic rings. The van der Waals surface area contributed by atoms with Gasteiger partial charge in [-0.25, -0.2) is 15.0 Å². The van der Waals surface area contributed by atoms with E-state index in [-0.39, 0.29) is 0 Å².